The monoisotopic (exact) mass is 571 g/mol. The summed E-state index contributed by atoms with van der Waals surface area (Å²) in [6.45, 7) is 5.57. The molecule has 0 bridgehead atoms. The lowest BCUT2D eigenvalue weighted by atomic mass is 10.1. The number of piperazine rings is 1. The number of phenolic OH excluding ortho intramolecular Hbond substituents is 1. The molecule has 2 N–H and O–H groups in total. The predicted molar refractivity (Wildman–Crippen MR) is 150 cm³/mol. The number of nitrogens with zero attached hydrogens (tertiary/aromatic N) is 2. The third kappa shape index (κ3) is 6.96. The van der Waals surface area contributed by atoms with Gasteiger partial charge in [0.2, 0.25) is 5.91 Å². The number of carbonyl (C=O) groups is 1. The lowest BCUT2D eigenvalue weighted by Crippen LogP contribution is -2.54. The second-order valence-corrected chi connectivity index (χ2v) is 10.6. The van der Waals surface area contributed by atoms with E-state index in [4.69, 9.17) is 37.4 Å². The van der Waals surface area contributed by atoms with Crippen LogP contribution in [0.25, 0.3) is 0 Å². The SMILES string of the molecule is C[C@]1(c2ccc(Cl)cc2Cl)OC[C@@H](COc2ccc(N3CCN(NC(=O)Cc4cccc(O)c4)CC3)cc2)O1. The van der Waals surface area contributed by atoms with Crippen LogP contribution in [0.2, 0.25) is 10.0 Å². The van der Waals surface area contributed by atoms with Gasteiger partial charge in [0.1, 0.15) is 24.2 Å². The zero-order valence-corrected chi connectivity index (χ0v) is 23.1. The summed E-state index contributed by atoms with van der Waals surface area (Å²) in [4.78, 5) is 14.7. The Morgan fingerprint density at radius 1 is 1.08 bits per heavy atom. The molecule has 2 heterocycles. The van der Waals surface area contributed by atoms with Gasteiger partial charge in [-0.15, -0.1) is 0 Å². The van der Waals surface area contributed by atoms with E-state index >= 15 is 0 Å². The van der Waals surface area contributed by atoms with Crippen molar-refractivity contribution < 1.29 is 24.1 Å². The molecular weight excluding hydrogens is 541 g/mol. The second-order valence-electron chi connectivity index (χ2n) is 9.78. The number of nitrogens with one attached hydrogen (secondary N) is 1. The molecule has 2 aliphatic rings. The number of aromatic hydroxyl groups is 1. The van der Waals surface area contributed by atoms with Crippen molar-refractivity contribution in [1.82, 2.24) is 10.4 Å². The summed E-state index contributed by atoms with van der Waals surface area (Å²) in [6.07, 6.45) is -0.0142. The maximum Gasteiger partial charge on any atom is 0.238 e. The molecule has 8 nitrogen and oxygen atoms in total. The molecule has 39 heavy (non-hydrogen) atoms. The molecule has 206 valence electrons. The summed E-state index contributed by atoms with van der Waals surface area (Å²) >= 11 is 12.4. The molecule has 1 amide bonds. The number of rotatable bonds is 8. The highest BCUT2D eigenvalue weighted by molar-refractivity contribution is 6.35. The van der Waals surface area contributed by atoms with Crippen LogP contribution in [0, 0.1) is 0 Å². The van der Waals surface area contributed by atoms with Crippen molar-refractivity contribution in [1.29, 1.82) is 0 Å². The first-order valence-electron chi connectivity index (χ1n) is 12.8. The number of ether oxygens (including phenoxy) is 3. The van der Waals surface area contributed by atoms with Gasteiger partial charge in [0, 0.05) is 42.5 Å². The molecule has 0 aromatic heterocycles. The van der Waals surface area contributed by atoms with Gasteiger partial charge in [0.15, 0.2) is 5.79 Å². The zero-order valence-electron chi connectivity index (χ0n) is 21.6. The van der Waals surface area contributed by atoms with E-state index in [1.807, 2.05) is 48.3 Å². The van der Waals surface area contributed by atoms with Crippen LogP contribution < -0.4 is 15.1 Å². The summed E-state index contributed by atoms with van der Waals surface area (Å²) in [7, 11) is 0. The van der Waals surface area contributed by atoms with Crippen molar-refractivity contribution in [3.05, 3.63) is 87.9 Å². The van der Waals surface area contributed by atoms with Gasteiger partial charge in [-0.3, -0.25) is 10.2 Å². The third-order valence-electron chi connectivity index (χ3n) is 6.83. The molecule has 2 saturated heterocycles. The number of amides is 1. The first-order chi connectivity index (χ1) is 18.8. The number of halogens is 2. The Morgan fingerprint density at radius 2 is 1.85 bits per heavy atom. The first-order valence-corrected chi connectivity index (χ1v) is 13.6. The van der Waals surface area contributed by atoms with E-state index in [-0.39, 0.29) is 24.2 Å². The van der Waals surface area contributed by atoms with E-state index < -0.39 is 5.79 Å². The van der Waals surface area contributed by atoms with Crippen LogP contribution in [-0.2, 0) is 26.5 Å². The summed E-state index contributed by atoms with van der Waals surface area (Å²) in [5.74, 6) is -0.137. The van der Waals surface area contributed by atoms with Gasteiger partial charge in [-0.05, 0) is 61.0 Å². The van der Waals surface area contributed by atoms with Gasteiger partial charge >= 0.3 is 0 Å². The van der Waals surface area contributed by atoms with Crippen LogP contribution >= 0.6 is 23.2 Å². The number of benzene rings is 3. The average Bonchev–Trinajstić information content (AvgIpc) is 3.29. The molecule has 0 unspecified atom stereocenters. The topological polar surface area (TPSA) is 83.5 Å². The van der Waals surface area contributed by atoms with Crippen LogP contribution in [0.5, 0.6) is 11.5 Å². The van der Waals surface area contributed by atoms with Gasteiger partial charge in [-0.2, -0.15) is 0 Å². The largest absolute Gasteiger partial charge is 0.508 e. The third-order valence-corrected chi connectivity index (χ3v) is 7.38. The van der Waals surface area contributed by atoms with E-state index in [0.717, 1.165) is 35.7 Å². The fourth-order valence-electron chi connectivity index (χ4n) is 4.81. The van der Waals surface area contributed by atoms with Gasteiger partial charge in [-0.1, -0.05) is 41.4 Å². The Balaban J connectivity index is 1.06. The highest BCUT2D eigenvalue weighted by Gasteiger charge is 2.40. The van der Waals surface area contributed by atoms with Crippen molar-refractivity contribution >= 4 is 34.8 Å². The smallest absolute Gasteiger partial charge is 0.238 e. The molecule has 10 heteroatoms. The minimum Gasteiger partial charge on any atom is -0.508 e. The standard InChI is InChI=1S/C29H31Cl2N3O5/c1-29(26-10-5-21(30)17-27(26)31)38-19-25(39-29)18-37-24-8-6-22(7-9-24)33-11-13-34(14-12-33)32-28(36)16-20-3-2-4-23(35)15-20/h2-10,15,17,25,35H,11-14,16,18-19H2,1H3,(H,32,36)/t25-,29+/m1/s1. The van der Waals surface area contributed by atoms with E-state index in [1.54, 1.807) is 30.3 Å². The molecule has 5 rings (SSSR count). The molecule has 3 aromatic carbocycles. The predicted octanol–water partition coefficient (Wildman–Crippen LogP) is 4.76. The van der Waals surface area contributed by atoms with Gasteiger partial charge < -0.3 is 24.2 Å². The fraction of sp³-hybridized carbons (Fsp3) is 0.345. The normalized spacial score (nSPS) is 21.6. The van der Waals surface area contributed by atoms with Crippen LogP contribution in [0.4, 0.5) is 5.69 Å². The maximum atomic E-state index is 12.4. The molecule has 0 saturated carbocycles. The van der Waals surface area contributed by atoms with Crippen LogP contribution in [0.15, 0.2) is 66.7 Å². The van der Waals surface area contributed by atoms with Gasteiger partial charge in [0.05, 0.1) is 18.1 Å². The second kappa shape index (κ2) is 12.0. The Labute approximate surface area is 237 Å². The minimum absolute atomic E-state index is 0.0937. The molecule has 2 fully saturated rings. The van der Waals surface area contributed by atoms with Crippen LogP contribution in [0.1, 0.15) is 18.1 Å². The number of carbonyl (C=O) groups excluding carboxylic acids is 1. The van der Waals surface area contributed by atoms with Crippen molar-refractivity contribution in [2.24, 2.45) is 0 Å². The molecule has 2 atom stereocenters. The van der Waals surface area contributed by atoms with E-state index in [2.05, 4.69) is 10.3 Å². The number of hydrogen-bond acceptors (Lipinski definition) is 7. The fourth-order valence-corrected chi connectivity index (χ4v) is 5.39. The van der Waals surface area contributed by atoms with Crippen molar-refractivity contribution in [2.45, 2.75) is 25.2 Å². The van der Waals surface area contributed by atoms with Crippen LogP contribution in [0.3, 0.4) is 0 Å². The molecule has 0 spiro atoms. The van der Waals surface area contributed by atoms with Gasteiger partial charge in [-0.25, -0.2) is 5.01 Å². The summed E-state index contributed by atoms with van der Waals surface area (Å²) < 4.78 is 18.1. The minimum atomic E-state index is -0.953. The number of hydrazine groups is 1. The average molecular weight is 572 g/mol. The Bertz CT molecular complexity index is 1300. The first kappa shape index (κ1) is 27.6. The quantitative estimate of drug-likeness (QED) is 0.403. The zero-order chi connectivity index (χ0) is 27.4. The van der Waals surface area contributed by atoms with Gasteiger partial charge in [0.25, 0.3) is 0 Å². The highest BCUT2D eigenvalue weighted by atomic mass is 35.5. The number of anilines is 1. The Kier molecular flexibility index (Phi) is 8.49. The summed E-state index contributed by atoms with van der Waals surface area (Å²) in [5, 5.41) is 12.6. The Hall–Kier alpha value is -3.01. The lowest BCUT2D eigenvalue weighted by Gasteiger charge is -2.36. The van der Waals surface area contributed by atoms with Crippen LogP contribution in [-0.4, -0.2) is 61.5 Å². The van der Waals surface area contributed by atoms with E-state index in [0.29, 0.717) is 36.3 Å². The molecule has 2 aliphatic heterocycles. The highest BCUT2D eigenvalue weighted by Crippen LogP contribution is 2.38. The van der Waals surface area contributed by atoms with Crippen molar-refractivity contribution in [2.75, 3.05) is 44.3 Å². The van der Waals surface area contributed by atoms with E-state index in [1.165, 1.54) is 0 Å². The van der Waals surface area contributed by atoms with Crippen molar-refractivity contribution in [3.63, 3.8) is 0 Å². The molecular formula is C29H31Cl2N3O5. The summed E-state index contributed by atoms with van der Waals surface area (Å²) in [6, 6.07) is 20.0. The molecule has 0 radical (unpaired) electrons. The molecule has 0 aliphatic carbocycles. The Morgan fingerprint density at radius 3 is 2.56 bits per heavy atom. The van der Waals surface area contributed by atoms with Crippen molar-refractivity contribution in [3.8, 4) is 11.5 Å². The summed E-state index contributed by atoms with van der Waals surface area (Å²) in [5.41, 5.74) is 5.57. The number of hydrogen-bond donors (Lipinski definition) is 2. The number of phenols is 1. The molecule has 3 aromatic rings. The van der Waals surface area contributed by atoms with E-state index in [9.17, 15) is 9.90 Å². The maximum absolute atomic E-state index is 12.4. The lowest BCUT2D eigenvalue weighted by molar-refractivity contribution is -0.164.